The lowest BCUT2D eigenvalue weighted by molar-refractivity contribution is -0.123. The van der Waals surface area contributed by atoms with Gasteiger partial charge in [-0.3, -0.25) is 4.79 Å². The first-order valence-electron chi connectivity index (χ1n) is 9.88. The summed E-state index contributed by atoms with van der Waals surface area (Å²) in [6.45, 7) is 2.58. The molecule has 0 atom stereocenters. The van der Waals surface area contributed by atoms with Crippen LogP contribution < -0.4 is 19.6 Å². The number of hydrazone groups is 1. The molecule has 0 saturated carbocycles. The predicted octanol–water partition coefficient (Wildman–Crippen LogP) is 5.50. The molecular formula is C24H22Cl2N2O4. The Kier molecular flexibility index (Phi) is 8.78. The number of carbonyl (C=O) groups is 1. The largest absolute Gasteiger partial charge is 0.490 e. The van der Waals surface area contributed by atoms with E-state index in [9.17, 15) is 4.79 Å². The summed E-state index contributed by atoms with van der Waals surface area (Å²) in [4.78, 5) is 12.0. The number of nitrogens with one attached hydrogen (secondary N) is 1. The summed E-state index contributed by atoms with van der Waals surface area (Å²) >= 11 is 11.9. The molecular weight excluding hydrogens is 451 g/mol. The maximum Gasteiger partial charge on any atom is 0.277 e. The van der Waals surface area contributed by atoms with Crippen LogP contribution in [0.1, 0.15) is 18.1 Å². The molecule has 3 aromatic rings. The van der Waals surface area contributed by atoms with Crippen LogP contribution in [0.25, 0.3) is 0 Å². The Morgan fingerprint density at radius 3 is 2.47 bits per heavy atom. The molecule has 32 heavy (non-hydrogen) atoms. The number of hydrogen-bond acceptors (Lipinski definition) is 5. The first kappa shape index (κ1) is 23.4. The number of hydrogen-bond donors (Lipinski definition) is 1. The molecule has 0 saturated heterocycles. The van der Waals surface area contributed by atoms with Crippen molar-refractivity contribution in [3.63, 3.8) is 0 Å². The van der Waals surface area contributed by atoms with Crippen molar-refractivity contribution in [2.24, 2.45) is 5.10 Å². The number of ether oxygens (including phenoxy) is 3. The van der Waals surface area contributed by atoms with Crippen LogP contribution in [0.4, 0.5) is 0 Å². The number of benzene rings is 3. The SMILES string of the molecule is CCOc1cc(/C=N\NC(=O)COc2ccc(Cl)cc2Cl)ccc1OCc1ccccc1. The predicted molar refractivity (Wildman–Crippen MR) is 126 cm³/mol. The van der Waals surface area contributed by atoms with Gasteiger partial charge in [0.2, 0.25) is 0 Å². The van der Waals surface area contributed by atoms with E-state index in [2.05, 4.69) is 10.5 Å². The molecule has 0 aliphatic heterocycles. The standard InChI is InChI=1S/C24H22Cl2N2O4/c1-2-30-23-12-18(8-10-22(23)31-15-17-6-4-3-5-7-17)14-27-28-24(29)16-32-21-11-9-19(25)13-20(21)26/h3-14H,2,15-16H2,1H3,(H,28,29)/b27-14-. The van der Waals surface area contributed by atoms with E-state index in [1.807, 2.05) is 49.4 Å². The lowest BCUT2D eigenvalue weighted by atomic mass is 10.2. The molecule has 3 rings (SSSR count). The van der Waals surface area contributed by atoms with Crippen LogP contribution in [0.15, 0.2) is 71.8 Å². The van der Waals surface area contributed by atoms with Crippen molar-refractivity contribution in [1.82, 2.24) is 5.43 Å². The van der Waals surface area contributed by atoms with E-state index in [0.29, 0.717) is 40.5 Å². The molecule has 8 heteroatoms. The van der Waals surface area contributed by atoms with Crippen LogP contribution in [-0.2, 0) is 11.4 Å². The van der Waals surface area contributed by atoms with Crippen molar-refractivity contribution in [2.45, 2.75) is 13.5 Å². The van der Waals surface area contributed by atoms with E-state index in [1.165, 1.54) is 12.3 Å². The maximum atomic E-state index is 12.0. The van der Waals surface area contributed by atoms with Crippen molar-refractivity contribution < 1.29 is 19.0 Å². The van der Waals surface area contributed by atoms with Gasteiger partial charge in [-0.05, 0) is 54.4 Å². The lowest BCUT2D eigenvalue weighted by Crippen LogP contribution is -2.24. The summed E-state index contributed by atoms with van der Waals surface area (Å²) in [5.41, 5.74) is 4.21. The van der Waals surface area contributed by atoms with Crippen LogP contribution in [0.2, 0.25) is 10.0 Å². The minimum atomic E-state index is -0.430. The van der Waals surface area contributed by atoms with Gasteiger partial charge in [0, 0.05) is 5.02 Å². The Hall–Kier alpha value is -3.22. The number of nitrogens with zero attached hydrogens (tertiary/aromatic N) is 1. The maximum absolute atomic E-state index is 12.0. The fourth-order valence-electron chi connectivity index (χ4n) is 2.67. The molecule has 6 nitrogen and oxygen atoms in total. The van der Waals surface area contributed by atoms with E-state index in [-0.39, 0.29) is 6.61 Å². The fourth-order valence-corrected chi connectivity index (χ4v) is 3.14. The molecule has 1 N–H and O–H groups in total. The van der Waals surface area contributed by atoms with Gasteiger partial charge < -0.3 is 14.2 Å². The zero-order valence-electron chi connectivity index (χ0n) is 17.4. The second kappa shape index (κ2) is 12.0. The van der Waals surface area contributed by atoms with Crippen LogP contribution in [0, 0.1) is 0 Å². The van der Waals surface area contributed by atoms with Crippen molar-refractivity contribution in [3.05, 3.63) is 87.9 Å². The summed E-state index contributed by atoms with van der Waals surface area (Å²) in [6.07, 6.45) is 1.51. The third-order valence-electron chi connectivity index (χ3n) is 4.16. The van der Waals surface area contributed by atoms with Gasteiger partial charge in [0.05, 0.1) is 17.8 Å². The molecule has 0 heterocycles. The molecule has 166 valence electrons. The van der Waals surface area contributed by atoms with Gasteiger partial charge in [-0.2, -0.15) is 5.10 Å². The average molecular weight is 473 g/mol. The van der Waals surface area contributed by atoms with Gasteiger partial charge in [0.1, 0.15) is 12.4 Å². The highest BCUT2D eigenvalue weighted by Gasteiger charge is 2.08. The third-order valence-corrected chi connectivity index (χ3v) is 4.69. The summed E-state index contributed by atoms with van der Waals surface area (Å²) < 4.78 is 16.9. The molecule has 3 aromatic carbocycles. The molecule has 0 aliphatic carbocycles. The first-order chi connectivity index (χ1) is 15.5. The van der Waals surface area contributed by atoms with Crippen LogP contribution in [-0.4, -0.2) is 25.3 Å². The Morgan fingerprint density at radius 2 is 1.72 bits per heavy atom. The highest BCUT2D eigenvalue weighted by atomic mass is 35.5. The lowest BCUT2D eigenvalue weighted by Gasteiger charge is -2.12. The quantitative estimate of drug-likeness (QED) is 0.312. The second-order valence-corrected chi connectivity index (χ2v) is 7.41. The summed E-state index contributed by atoms with van der Waals surface area (Å²) in [5.74, 6) is 1.16. The fraction of sp³-hybridized carbons (Fsp3) is 0.167. The van der Waals surface area contributed by atoms with Gasteiger partial charge in [0.25, 0.3) is 5.91 Å². The number of amides is 1. The molecule has 0 aromatic heterocycles. The van der Waals surface area contributed by atoms with E-state index >= 15 is 0 Å². The van der Waals surface area contributed by atoms with Crippen molar-refractivity contribution in [2.75, 3.05) is 13.2 Å². The van der Waals surface area contributed by atoms with Crippen LogP contribution in [0.5, 0.6) is 17.2 Å². The molecule has 0 spiro atoms. The molecule has 0 radical (unpaired) electrons. The Morgan fingerprint density at radius 1 is 0.938 bits per heavy atom. The minimum Gasteiger partial charge on any atom is -0.490 e. The summed E-state index contributed by atoms with van der Waals surface area (Å²) in [6, 6.07) is 20.1. The highest BCUT2D eigenvalue weighted by molar-refractivity contribution is 6.35. The summed E-state index contributed by atoms with van der Waals surface area (Å²) in [7, 11) is 0. The molecule has 0 fully saturated rings. The second-order valence-electron chi connectivity index (χ2n) is 6.57. The monoisotopic (exact) mass is 472 g/mol. The van der Waals surface area contributed by atoms with Crippen molar-refractivity contribution in [1.29, 1.82) is 0 Å². The summed E-state index contributed by atoms with van der Waals surface area (Å²) in [5, 5.41) is 4.77. The Balaban J connectivity index is 1.55. The van der Waals surface area contributed by atoms with Gasteiger partial charge in [0.15, 0.2) is 18.1 Å². The normalized spacial score (nSPS) is 10.7. The molecule has 0 unspecified atom stereocenters. The number of rotatable bonds is 10. The smallest absolute Gasteiger partial charge is 0.277 e. The van der Waals surface area contributed by atoms with Crippen LogP contribution >= 0.6 is 23.2 Å². The van der Waals surface area contributed by atoms with E-state index in [4.69, 9.17) is 37.4 Å². The Bertz CT molecular complexity index is 1070. The topological polar surface area (TPSA) is 69.2 Å². The zero-order valence-corrected chi connectivity index (χ0v) is 18.9. The van der Waals surface area contributed by atoms with E-state index < -0.39 is 5.91 Å². The van der Waals surface area contributed by atoms with Crippen LogP contribution in [0.3, 0.4) is 0 Å². The first-order valence-corrected chi connectivity index (χ1v) is 10.6. The van der Waals surface area contributed by atoms with Gasteiger partial charge in [-0.25, -0.2) is 5.43 Å². The van der Waals surface area contributed by atoms with E-state index in [0.717, 1.165) is 11.1 Å². The third kappa shape index (κ3) is 7.18. The number of halogens is 2. The molecule has 0 aliphatic rings. The highest BCUT2D eigenvalue weighted by Crippen LogP contribution is 2.29. The van der Waals surface area contributed by atoms with E-state index in [1.54, 1.807) is 18.2 Å². The zero-order chi connectivity index (χ0) is 22.8. The average Bonchev–Trinajstić information content (AvgIpc) is 2.79. The van der Waals surface area contributed by atoms with Gasteiger partial charge in [-0.15, -0.1) is 0 Å². The minimum absolute atomic E-state index is 0.241. The Labute approximate surface area is 196 Å². The van der Waals surface area contributed by atoms with Crippen molar-refractivity contribution >= 4 is 35.3 Å². The number of carbonyl (C=O) groups excluding carboxylic acids is 1. The van der Waals surface area contributed by atoms with Gasteiger partial charge in [-0.1, -0.05) is 53.5 Å². The van der Waals surface area contributed by atoms with Gasteiger partial charge >= 0.3 is 0 Å². The molecule has 0 bridgehead atoms. The molecule has 1 amide bonds. The van der Waals surface area contributed by atoms with Crippen molar-refractivity contribution in [3.8, 4) is 17.2 Å².